The smallest absolute Gasteiger partial charge is 0.0450 e. The predicted molar refractivity (Wildman–Crippen MR) is 114 cm³/mol. The Morgan fingerprint density at radius 2 is 1.35 bits per heavy atom. The van der Waals surface area contributed by atoms with E-state index in [1.165, 1.54) is 37.7 Å². The van der Waals surface area contributed by atoms with Crippen molar-refractivity contribution in [2.24, 2.45) is 5.92 Å². The molecule has 26 heavy (non-hydrogen) atoms. The largest absolute Gasteiger partial charge is 0.316 e. The Morgan fingerprint density at radius 1 is 0.808 bits per heavy atom. The Labute approximate surface area is 168 Å². The van der Waals surface area contributed by atoms with Gasteiger partial charge >= 0.3 is 0 Å². The van der Waals surface area contributed by atoms with Crippen molar-refractivity contribution < 1.29 is 0 Å². The van der Waals surface area contributed by atoms with Crippen molar-refractivity contribution in [3.05, 3.63) is 69.7 Å². The molecule has 3 rings (SSSR count). The van der Waals surface area contributed by atoms with Crippen molar-refractivity contribution in [2.75, 3.05) is 13.6 Å². The molecule has 2 nitrogen and oxygen atoms in total. The predicted octanol–water partition coefficient (Wildman–Crippen LogP) is 6.07. The number of halogens is 2. The highest BCUT2D eigenvalue weighted by molar-refractivity contribution is 6.31. The minimum absolute atomic E-state index is 0.830. The monoisotopic (exact) mass is 392 g/mol. The van der Waals surface area contributed by atoms with Gasteiger partial charge in [0.05, 0.1) is 0 Å². The van der Waals surface area contributed by atoms with Crippen LogP contribution in [0.1, 0.15) is 43.2 Å². The summed E-state index contributed by atoms with van der Waals surface area (Å²) >= 11 is 12.0. The zero-order valence-corrected chi connectivity index (χ0v) is 17.1. The van der Waals surface area contributed by atoms with E-state index in [0.29, 0.717) is 0 Å². The van der Waals surface area contributed by atoms with Gasteiger partial charge in [0.2, 0.25) is 0 Å². The summed E-state index contributed by atoms with van der Waals surface area (Å²) in [5.74, 6) is 0.885. The molecule has 2 aromatic carbocycles. The lowest BCUT2D eigenvalue weighted by Crippen LogP contribution is -2.24. The Kier molecular flexibility index (Phi) is 10.1. The summed E-state index contributed by atoms with van der Waals surface area (Å²) in [5.41, 5.74) is 2.35. The summed E-state index contributed by atoms with van der Waals surface area (Å²) in [6.07, 6.45) is 7.06. The standard InChI is InChI=1S/C14H20ClN.C8H10ClN/c15-14-9-5-4-8-13(14)11-16-10-12-6-2-1-3-7-12;1-10-6-7-4-2-3-5-8(7)9/h4-5,8-9,12,16H,1-3,6-7,10-11H2;2-5,10H,6H2,1H3. The summed E-state index contributed by atoms with van der Waals surface area (Å²) in [7, 11) is 1.91. The summed E-state index contributed by atoms with van der Waals surface area (Å²) in [4.78, 5) is 0. The van der Waals surface area contributed by atoms with Crippen LogP contribution in [0.25, 0.3) is 0 Å². The van der Waals surface area contributed by atoms with Crippen molar-refractivity contribution in [1.29, 1.82) is 0 Å². The van der Waals surface area contributed by atoms with Crippen LogP contribution in [0.5, 0.6) is 0 Å². The van der Waals surface area contributed by atoms with Crippen LogP contribution < -0.4 is 10.6 Å². The third-order valence-corrected chi connectivity index (χ3v) is 5.49. The molecule has 0 radical (unpaired) electrons. The molecule has 0 unspecified atom stereocenters. The second kappa shape index (κ2) is 12.3. The second-order valence-corrected chi connectivity index (χ2v) is 7.66. The maximum absolute atomic E-state index is 6.11. The molecular formula is C22H30Cl2N2. The zero-order chi connectivity index (χ0) is 18.6. The van der Waals surface area contributed by atoms with Crippen LogP contribution >= 0.6 is 23.2 Å². The molecule has 0 aliphatic heterocycles. The third-order valence-electron chi connectivity index (χ3n) is 4.76. The summed E-state index contributed by atoms with van der Waals surface area (Å²) in [5, 5.41) is 8.27. The van der Waals surface area contributed by atoms with E-state index >= 15 is 0 Å². The van der Waals surface area contributed by atoms with E-state index in [1.807, 2.05) is 49.5 Å². The second-order valence-electron chi connectivity index (χ2n) is 6.85. The van der Waals surface area contributed by atoms with Crippen LogP contribution in [-0.2, 0) is 13.1 Å². The van der Waals surface area contributed by atoms with Crippen molar-refractivity contribution in [3.63, 3.8) is 0 Å². The first-order valence-corrected chi connectivity index (χ1v) is 10.3. The zero-order valence-electron chi connectivity index (χ0n) is 15.6. The number of nitrogens with one attached hydrogen (secondary N) is 2. The van der Waals surface area contributed by atoms with Gasteiger partial charge in [-0.3, -0.25) is 0 Å². The molecule has 142 valence electrons. The molecule has 0 amide bonds. The Morgan fingerprint density at radius 3 is 1.88 bits per heavy atom. The van der Waals surface area contributed by atoms with Gasteiger partial charge in [-0.15, -0.1) is 0 Å². The minimum atomic E-state index is 0.830. The Hall–Kier alpha value is -1.06. The van der Waals surface area contributed by atoms with Gasteiger partial charge in [0, 0.05) is 23.1 Å². The fourth-order valence-corrected chi connectivity index (χ4v) is 3.68. The minimum Gasteiger partial charge on any atom is -0.316 e. The first kappa shape index (κ1) is 21.2. The third kappa shape index (κ3) is 7.67. The van der Waals surface area contributed by atoms with Gasteiger partial charge in [0.1, 0.15) is 0 Å². The number of hydrogen-bond donors (Lipinski definition) is 2. The summed E-state index contributed by atoms with van der Waals surface area (Å²) < 4.78 is 0. The molecule has 0 spiro atoms. The van der Waals surface area contributed by atoms with Gasteiger partial charge in [-0.05, 0) is 55.6 Å². The molecule has 1 aliphatic rings. The van der Waals surface area contributed by atoms with Gasteiger partial charge < -0.3 is 10.6 Å². The van der Waals surface area contributed by atoms with Crippen LogP contribution in [-0.4, -0.2) is 13.6 Å². The Bertz CT molecular complexity index is 640. The van der Waals surface area contributed by atoms with Gasteiger partial charge in [0.15, 0.2) is 0 Å². The van der Waals surface area contributed by atoms with Crippen LogP contribution in [0.3, 0.4) is 0 Å². The van der Waals surface area contributed by atoms with Crippen molar-refractivity contribution >= 4 is 23.2 Å². The first-order valence-electron chi connectivity index (χ1n) is 9.53. The summed E-state index contributed by atoms with van der Waals surface area (Å²) in [6.45, 7) is 2.88. The van der Waals surface area contributed by atoms with Gasteiger partial charge in [0.25, 0.3) is 0 Å². The fourth-order valence-electron chi connectivity index (χ4n) is 3.28. The van der Waals surface area contributed by atoms with E-state index in [9.17, 15) is 0 Å². The highest BCUT2D eigenvalue weighted by Crippen LogP contribution is 2.23. The highest BCUT2D eigenvalue weighted by Gasteiger charge is 2.12. The summed E-state index contributed by atoms with van der Waals surface area (Å²) in [6, 6.07) is 15.9. The lowest BCUT2D eigenvalue weighted by atomic mass is 9.89. The highest BCUT2D eigenvalue weighted by atomic mass is 35.5. The molecule has 2 aromatic rings. The van der Waals surface area contributed by atoms with Gasteiger partial charge in [-0.1, -0.05) is 78.9 Å². The molecule has 0 heterocycles. The van der Waals surface area contributed by atoms with Crippen LogP contribution in [0.2, 0.25) is 10.0 Å². The first-order chi connectivity index (χ1) is 12.7. The fraction of sp³-hybridized carbons (Fsp3) is 0.455. The normalized spacial score (nSPS) is 14.6. The molecule has 0 aromatic heterocycles. The lowest BCUT2D eigenvalue weighted by molar-refractivity contribution is 0.342. The molecule has 1 saturated carbocycles. The van der Waals surface area contributed by atoms with Crippen molar-refractivity contribution in [2.45, 2.75) is 45.2 Å². The molecular weight excluding hydrogens is 363 g/mol. The van der Waals surface area contributed by atoms with E-state index in [1.54, 1.807) is 0 Å². The molecule has 0 bridgehead atoms. The van der Waals surface area contributed by atoms with E-state index in [4.69, 9.17) is 23.2 Å². The number of hydrogen-bond acceptors (Lipinski definition) is 2. The van der Waals surface area contributed by atoms with Gasteiger partial charge in [-0.25, -0.2) is 0 Å². The van der Waals surface area contributed by atoms with Gasteiger partial charge in [-0.2, -0.15) is 0 Å². The van der Waals surface area contributed by atoms with E-state index in [2.05, 4.69) is 16.7 Å². The maximum atomic E-state index is 6.11. The molecule has 1 aliphatic carbocycles. The lowest BCUT2D eigenvalue weighted by Gasteiger charge is -2.21. The van der Waals surface area contributed by atoms with Crippen LogP contribution in [0.15, 0.2) is 48.5 Å². The van der Waals surface area contributed by atoms with Crippen molar-refractivity contribution in [1.82, 2.24) is 10.6 Å². The molecule has 2 N–H and O–H groups in total. The average Bonchev–Trinajstić information content (AvgIpc) is 2.67. The Balaban J connectivity index is 0.000000209. The topological polar surface area (TPSA) is 24.1 Å². The molecule has 1 fully saturated rings. The number of rotatable bonds is 6. The van der Waals surface area contributed by atoms with Crippen LogP contribution in [0, 0.1) is 5.92 Å². The molecule has 4 heteroatoms. The average molecular weight is 393 g/mol. The van der Waals surface area contributed by atoms with Crippen LogP contribution in [0.4, 0.5) is 0 Å². The molecule has 0 atom stereocenters. The van der Waals surface area contributed by atoms with E-state index in [-0.39, 0.29) is 0 Å². The maximum Gasteiger partial charge on any atom is 0.0450 e. The molecule has 0 saturated heterocycles. The quantitative estimate of drug-likeness (QED) is 0.623. The number of benzene rings is 2. The van der Waals surface area contributed by atoms with E-state index in [0.717, 1.165) is 41.2 Å². The van der Waals surface area contributed by atoms with E-state index < -0.39 is 0 Å². The van der Waals surface area contributed by atoms with Crippen molar-refractivity contribution in [3.8, 4) is 0 Å². The SMILES string of the molecule is CNCc1ccccc1Cl.Clc1ccccc1CNCC1CCCCC1.